The Balaban J connectivity index is 3.32. The molecule has 38 heavy (non-hydrogen) atoms. The Hall–Kier alpha value is -0.360. The van der Waals surface area contributed by atoms with Crippen LogP contribution in [0.2, 0.25) is 0 Å². The molecule has 0 saturated heterocycles. The van der Waals surface area contributed by atoms with E-state index in [1.807, 2.05) is 0 Å². The second-order valence-electron chi connectivity index (χ2n) is 10.1. The van der Waals surface area contributed by atoms with Crippen molar-refractivity contribution in [1.82, 2.24) is 0 Å². The Bertz CT molecular complexity index is 624. The van der Waals surface area contributed by atoms with Crippen molar-refractivity contribution in [2.45, 2.75) is 141 Å². The molecular weight excluding hydrogens is 526 g/mol. The molecule has 10 heteroatoms. The molecule has 0 rings (SSSR count). The number of hydrogen-bond donors (Lipinski definition) is 0. The first-order valence-corrected chi connectivity index (χ1v) is 17.9. The number of carbonyl (C=O) groups is 2. The molecule has 0 aromatic rings. The fourth-order valence-electron chi connectivity index (χ4n) is 4.56. The smallest absolute Gasteiger partial charge is 0.307 e. The van der Waals surface area contributed by atoms with Gasteiger partial charge in [-0.25, -0.2) is 0 Å². The van der Waals surface area contributed by atoms with Crippen LogP contribution in [-0.4, -0.2) is 39.5 Å². The van der Waals surface area contributed by atoms with Crippen molar-refractivity contribution >= 4 is 26.2 Å². The van der Waals surface area contributed by atoms with Crippen molar-refractivity contribution in [2.24, 2.45) is 0 Å². The highest BCUT2D eigenvalue weighted by Gasteiger charge is 2.31. The number of hydrogen-bond acceptors (Lipinski definition) is 8. The average molecular weight is 583 g/mol. The number of carbonyl (C=O) groups excluding carboxylic acids is 2. The van der Waals surface area contributed by atoms with E-state index in [2.05, 4.69) is 0 Å². The van der Waals surface area contributed by atoms with Gasteiger partial charge < -0.3 is 18.1 Å². The third kappa shape index (κ3) is 18.1. The van der Waals surface area contributed by atoms with E-state index in [1.165, 1.54) is 118 Å². The summed E-state index contributed by atoms with van der Waals surface area (Å²) in [7, 11) is -2.07. The lowest BCUT2D eigenvalue weighted by molar-refractivity contribution is -0.114. The van der Waals surface area contributed by atoms with Gasteiger partial charge in [-0.1, -0.05) is 116 Å². The number of unbranched alkanes of at least 4 members (excludes halogenated alkanes) is 19. The van der Waals surface area contributed by atoms with Crippen LogP contribution in [0.15, 0.2) is 0 Å². The van der Waals surface area contributed by atoms with Crippen LogP contribution in [0.5, 0.6) is 0 Å². The predicted molar refractivity (Wildman–Crippen MR) is 155 cm³/mol. The number of rotatable bonds is 29. The molecule has 0 spiro atoms. The van der Waals surface area contributed by atoms with Gasteiger partial charge in [0, 0.05) is 41.3 Å². The molecule has 0 aliphatic carbocycles. The van der Waals surface area contributed by atoms with E-state index >= 15 is 0 Å². The van der Waals surface area contributed by atoms with Crippen LogP contribution in [-0.2, 0) is 36.8 Å². The molecule has 0 aliphatic heterocycles. The van der Waals surface area contributed by atoms with E-state index in [9.17, 15) is 18.7 Å². The summed E-state index contributed by atoms with van der Waals surface area (Å²) in [5, 5.41) is 0. The molecule has 0 atom stereocenters. The highest BCUT2D eigenvalue weighted by Crippen LogP contribution is 2.49. The van der Waals surface area contributed by atoms with Crippen LogP contribution in [0.3, 0.4) is 0 Å². The molecule has 0 N–H and O–H groups in total. The largest absolute Gasteiger partial charge is 0.396 e. The lowest BCUT2D eigenvalue weighted by Gasteiger charge is -2.11. The molecule has 0 radical (unpaired) electrons. The zero-order valence-electron chi connectivity index (χ0n) is 24.7. The van der Waals surface area contributed by atoms with E-state index < -0.39 is 26.2 Å². The predicted octanol–water partition coefficient (Wildman–Crippen LogP) is 9.59. The maximum Gasteiger partial charge on any atom is 0.396 e. The van der Waals surface area contributed by atoms with Crippen LogP contribution in [0.4, 0.5) is 0 Å². The normalized spacial score (nSPS) is 12.2. The highest BCUT2D eigenvalue weighted by atomic mass is 31.2. The van der Waals surface area contributed by atoms with Crippen LogP contribution in [0.1, 0.15) is 141 Å². The van der Waals surface area contributed by atoms with Crippen molar-refractivity contribution in [3.8, 4) is 0 Å². The zero-order valence-corrected chi connectivity index (χ0v) is 26.5. The quantitative estimate of drug-likeness (QED) is 0.0634. The summed E-state index contributed by atoms with van der Waals surface area (Å²) in [5.74, 6) is 0. The van der Waals surface area contributed by atoms with Gasteiger partial charge in [-0.2, -0.15) is 0 Å². The molecule has 0 bridgehead atoms. The Kier molecular flexibility index (Phi) is 24.2. The summed E-state index contributed by atoms with van der Waals surface area (Å²) in [6, 6.07) is 0. The molecule has 0 aromatic heterocycles. The molecule has 8 nitrogen and oxygen atoms in total. The minimum absolute atomic E-state index is 0.265. The minimum Gasteiger partial charge on any atom is -0.307 e. The third-order valence-corrected chi connectivity index (χ3v) is 10.7. The standard InChI is InChI=1S/C28H56O8P2/c1-33-37(31,34-2)27(29)25-23-21-19-17-15-13-11-9-7-5-6-8-10-12-14-16-18-20-22-24-26-28(30)38(32,35-3)36-4/h5-26H2,1-4H3. The fraction of sp³-hybridized carbons (Fsp3) is 0.929. The summed E-state index contributed by atoms with van der Waals surface area (Å²) in [5.41, 5.74) is -0.828. The van der Waals surface area contributed by atoms with Crippen LogP contribution in [0.25, 0.3) is 0 Å². The molecule has 0 saturated carbocycles. The van der Waals surface area contributed by atoms with Gasteiger partial charge in [0.1, 0.15) is 0 Å². The Morgan fingerprint density at radius 2 is 0.526 bits per heavy atom. The molecule has 0 fully saturated rings. The molecule has 0 aliphatic rings. The molecule has 0 unspecified atom stereocenters. The molecule has 226 valence electrons. The van der Waals surface area contributed by atoms with E-state index in [0.717, 1.165) is 38.5 Å². The third-order valence-electron chi connectivity index (χ3n) is 7.10. The Morgan fingerprint density at radius 3 is 0.684 bits per heavy atom. The summed E-state index contributed by atoms with van der Waals surface area (Å²) < 4.78 is 42.8. The van der Waals surface area contributed by atoms with Crippen molar-refractivity contribution in [1.29, 1.82) is 0 Å². The second kappa shape index (κ2) is 24.4. The Labute approximate surface area is 232 Å². The molecule has 0 amide bonds. The first-order valence-electron chi connectivity index (χ1n) is 14.8. The summed E-state index contributed by atoms with van der Waals surface area (Å²) >= 11 is 0. The second-order valence-corrected chi connectivity index (χ2v) is 14.5. The SMILES string of the molecule is COP(=O)(OC)C(=O)CCCCCCCCCCCCCCCCCCCCCCC(=O)P(=O)(OC)OC. The maximum atomic E-state index is 11.9. The van der Waals surface area contributed by atoms with Crippen molar-refractivity contribution in [3.05, 3.63) is 0 Å². The van der Waals surface area contributed by atoms with Crippen molar-refractivity contribution in [3.63, 3.8) is 0 Å². The van der Waals surface area contributed by atoms with Crippen LogP contribution >= 0.6 is 15.2 Å². The van der Waals surface area contributed by atoms with Gasteiger partial charge in [0.25, 0.3) is 0 Å². The molecule has 0 heterocycles. The van der Waals surface area contributed by atoms with Gasteiger partial charge in [-0.15, -0.1) is 0 Å². The van der Waals surface area contributed by atoms with Crippen molar-refractivity contribution < 1.29 is 36.8 Å². The monoisotopic (exact) mass is 582 g/mol. The topological polar surface area (TPSA) is 105 Å². The molecule has 0 aromatic carbocycles. The van der Waals surface area contributed by atoms with E-state index in [0.29, 0.717) is 0 Å². The Morgan fingerprint density at radius 1 is 0.368 bits per heavy atom. The highest BCUT2D eigenvalue weighted by molar-refractivity contribution is 7.72. The van der Waals surface area contributed by atoms with E-state index in [1.54, 1.807) is 0 Å². The molecular formula is C28H56O8P2. The lowest BCUT2D eigenvalue weighted by atomic mass is 10.0. The lowest BCUT2D eigenvalue weighted by Crippen LogP contribution is -2.03. The zero-order chi connectivity index (χ0) is 28.5. The first kappa shape index (κ1) is 37.6. The summed E-state index contributed by atoms with van der Waals surface area (Å²) in [4.78, 5) is 23.7. The summed E-state index contributed by atoms with van der Waals surface area (Å²) in [6.07, 6.45) is 24.4. The van der Waals surface area contributed by atoms with Gasteiger partial charge in [-0.05, 0) is 12.8 Å². The van der Waals surface area contributed by atoms with Crippen LogP contribution < -0.4 is 0 Å². The van der Waals surface area contributed by atoms with Gasteiger partial charge >= 0.3 is 15.2 Å². The van der Waals surface area contributed by atoms with Gasteiger partial charge in [-0.3, -0.25) is 18.7 Å². The van der Waals surface area contributed by atoms with E-state index in [4.69, 9.17) is 18.1 Å². The van der Waals surface area contributed by atoms with Gasteiger partial charge in [0.2, 0.25) is 11.0 Å². The average Bonchev–Trinajstić information content (AvgIpc) is 2.94. The van der Waals surface area contributed by atoms with Gasteiger partial charge in [0.05, 0.1) is 0 Å². The minimum atomic E-state index is -3.53. The maximum absolute atomic E-state index is 11.9. The fourth-order valence-corrected chi connectivity index (χ4v) is 6.54. The van der Waals surface area contributed by atoms with Crippen LogP contribution in [0, 0.1) is 0 Å². The summed E-state index contributed by atoms with van der Waals surface area (Å²) in [6.45, 7) is 0. The first-order chi connectivity index (χ1) is 18.3. The van der Waals surface area contributed by atoms with E-state index in [-0.39, 0.29) is 12.8 Å². The van der Waals surface area contributed by atoms with Gasteiger partial charge in [0.15, 0.2) is 0 Å². The van der Waals surface area contributed by atoms with Crippen molar-refractivity contribution in [2.75, 3.05) is 28.4 Å².